The van der Waals surface area contributed by atoms with Crippen molar-refractivity contribution in [3.63, 3.8) is 0 Å². The number of nitrogens with zero attached hydrogens (tertiary/aromatic N) is 2. The van der Waals surface area contributed by atoms with Gasteiger partial charge in [-0.1, -0.05) is 13.8 Å². The minimum Gasteiger partial charge on any atom is -0.370 e. The molecule has 2 heterocycles. The number of amides is 1. The van der Waals surface area contributed by atoms with Crippen LogP contribution in [0.5, 0.6) is 0 Å². The molecule has 1 aromatic rings. The summed E-state index contributed by atoms with van der Waals surface area (Å²) in [5.74, 6) is 1.07. The monoisotopic (exact) mass is 290 g/mol. The SMILES string of the molecule is CCNc1cc(C(=O)NC2CCN(C)C2)cc(C(C)C)n1. The molecule has 1 aromatic heterocycles. The van der Waals surface area contributed by atoms with Gasteiger partial charge in [-0.15, -0.1) is 0 Å². The van der Waals surface area contributed by atoms with Crippen LogP contribution < -0.4 is 10.6 Å². The van der Waals surface area contributed by atoms with Gasteiger partial charge in [-0.25, -0.2) is 4.98 Å². The largest absolute Gasteiger partial charge is 0.370 e. The third-order valence-electron chi connectivity index (χ3n) is 3.78. The van der Waals surface area contributed by atoms with Crippen molar-refractivity contribution < 1.29 is 4.79 Å². The second-order valence-corrected chi connectivity index (χ2v) is 6.07. The minimum atomic E-state index is -0.00115. The first-order valence-corrected chi connectivity index (χ1v) is 7.74. The van der Waals surface area contributed by atoms with Crippen LogP contribution in [-0.4, -0.2) is 48.5 Å². The average molecular weight is 290 g/mol. The lowest BCUT2D eigenvalue weighted by molar-refractivity contribution is 0.0938. The van der Waals surface area contributed by atoms with Crippen molar-refractivity contribution in [2.75, 3.05) is 32.0 Å². The molecule has 1 aliphatic heterocycles. The van der Waals surface area contributed by atoms with Crippen molar-refractivity contribution >= 4 is 11.7 Å². The van der Waals surface area contributed by atoms with Gasteiger partial charge in [0.15, 0.2) is 0 Å². The van der Waals surface area contributed by atoms with Crippen molar-refractivity contribution in [2.45, 2.75) is 39.2 Å². The quantitative estimate of drug-likeness (QED) is 0.871. The first-order chi connectivity index (χ1) is 9.99. The third-order valence-corrected chi connectivity index (χ3v) is 3.78. The molecule has 1 amide bonds. The molecule has 1 fully saturated rings. The van der Waals surface area contributed by atoms with Gasteiger partial charge in [0.25, 0.3) is 5.91 Å². The van der Waals surface area contributed by atoms with E-state index in [9.17, 15) is 4.79 Å². The number of carbonyl (C=O) groups is 1. The highest BCUT2D eigenvalue weighted by molar-refractivity contribution is 5.95. The lowest BCUT2D eigenvalue weighted by Crippen LogP contribution is -2.36. The van der Waals surface area contributed by atoms with Gasteiger partial charge < -0.3 is 15.5 Å². The van der Waals surface area contributed by atoms with Gasteiger partial charge in [-0.05, 0) is 45.0 Å². The molecule has 0 aromatic carbocycles. The number of likely N-dealkylation sites (tertiary alicyclic amines) is 1. The number of hydrogen-bond acceptors (Lipinski definition) is 4. The number of anilines is 1. The van der Waals surface area contributed by atoms with Crippen LogP contribution in [0.2, 0.25) is 0 Å². The maximum absolute atomic E-state index is 12.5. The van der Waals surface area contributed by atoms with E-state index in [-0.39, 0.29) is 11.9 Å². The molecule has 2 N–H and O–H groups in total. The second kappa shape index (κ2) is 6.89. The first-order valence-electron chi connectivity index (χ1n) is 7.74. The molecule has 1 atom stereocenters. The predicted molar refractivity (Wildman–Crippen MR) is 85.9 cm³/mol. The molecule has 116 valence electrons. The van der Waals surface area contributed by atoms with Crippen LogP contribution in [0.1, 0.15) is 49.2 Å². The first kappa shape index (κ1) is 15.8. The van der Waals surface area contributed by atoms with Gasteiger partial charge in [0.1, 0.15) is 5.82 Å². The molecular formula is C16H26N4O. The maximum atomic E-state index is 12.5. The Morgan fingerprint density at radius 3 is 2.81 bits per heavy atom. The number of aromatic nitrogens is 1. The molecule has 5 nitrogen and oxygen atoms in total. The van der Waals surface area contributed by atoms with Gasteiger partial charge in [-0.2, -0.15) is 0 Å². The zero-order valence-electron chi connectivity index (χ0n) is 13.4. The van der Waals surface area contributed by atoms with E-state index in [0.29, 0.717) is 11.5 Å². The number of pyridine rings is 1. The normalized spacial score (nSPS) is 19.0. The molecule has 1 saturated heterocycles. The Bertz CT molecular complexity index is 501. The minimum absolute atomic E-state index is 0.00115. The highest BCUT2D eigenvalue weighted by atomic mass is 16.1. The van der Waals surface area contributed by atoms with Crippen LogP contribution in [0.3, 0.4) is 0 Å². The average Bonchev–Trinajstić information content (AvgIpc) is 2.84. The summed E-state index contributed by atoms with van der Waals surface area (Å²) < 4.78 is 0. The molecule has 0 radical (unpaired) electrons. The lowest BCUT2D eigenvalue weighted by atomic mass is 10.1. The van der Waals surface area contributed by atoms with Gasteiger partial charge in [-0.3, -0.25) is 4.79 Å². The fourth-order valence-corrected chi connectivity index (χ4v) is 2.57. The standard InChI is InChI=1S/C16H26N4O/c1-5-17-15-9-12(8-14(19-15)11(2)3)16(21)18-13-6-7-20(4)10-13/h8-9,11,13H,5-7,10H2,1-4H3,(H,17,19)(H,18,21). The summed E-state index contributed by atoms with van der Waals surface area (Å²) in [6.07, 6.45) is 1.02. The van der Waals surface area contributed by atoms with Gasteiger partial charge in [0, 0.05) is 30.4 Å². The van der Waals surface area contributed by atoms with Crippen LogP contribution in [0.25, 0.3) is 0 Å². The van der Waals surface area contributed by atoms with E-state index in [0.717, 1.165) is 37.6 Å². The molecular weight excluding hydrogens is 264 g/mol. The van der Waals surface area contributed by atoms with Crippen LogP contribution in [0.15, 0.2) is 12.1 Å². The fraction of sp³-hybridized carbons (Fsp3) is 0.625. The molecule has 1 unspecified atom stereocenters. The second-order valence-electron chi connectivity index (χ2n) is 6.07. The van der Waals surface area contributed by atoms with Gasteiger partial charge in [0.05, 0.1) is 0 Å². The van der Waals surface area contributed by atoms with Crippen molar-refractivity contribution in [1.29, 1.82) is 0 Å². The van der Waals surface area contributed by atoms with Crippen LogP contribution in [-0.2, 0) is 0 Å². The van der Waals surface area contributed by atoms with Gasteiger partial charge >= 0.3 is 0 Å². The Morgan fingerprint density at radius 2 is 2.24 bits per heavy atom. The summed E-state index contributed by atoms with van der Waals surface area (Å²) in [5.41, 5.74) is 1.64. The molecule has 2 rings (SSSR count). The zero-order valence-corrected chi connectivity index (χ0v) is 13.4. The topological polar surface area (TPSA) is 57.3 Å². The summed E-state index contributed by atoms with van der Waals surface area (Å²) in [7, 11) is 2.08. The molecule has 0 spiro atoms. The maximum Gasteiger partial charge on any atom is 0.251 e. The fourth-order valence-electron chi connectivity index (χ4n) is 2.57. The van der Waals surface area contributed by atoms with E-state index in [4.69, 9.17) is 0 Å². The Kier molecular flexibility index (Phi) is 5.17. The lowest BCUT2D eigenvalue weighted by Gasteiger charge is -2.15. The van der Waals surface area contributed by atoms with E-state index < -0.39 is 0 Å². The van der Waals surface area contributed by atoms with Crippen LogP contribution in [0, 0.1) is 0 Å². The van der Waals surface area contributed by atoms with Crippen LogP contribution >= 0.6 is 0 Å². The summed E-state index contributed by atoms with van der Waals surface area (Å²) in [4.78, 5) is 19.2. The van der Waals surface area contributed by atoms with Gasteiger partial charge in [0.2, 0.25) is 0 Å². The smallest absolute Gasteiger partial charge is 0.251 e. The van der Waals surface area contributed by atoms with Crippen LogP contribution in [0.4, 0.5) is 5.82 Å². The van der Waals surface area contributed by atoms with E-state index in [1.807, 2.05) is 19.1 Å². The molecule has 0 saturated carbocycles. The number of nitrogens with one attached hydrogen (secondary N) is 2. The summed E-state index contributed by atoms with van der Waals surface area (Å²) >= 11 is 0. The van der Waals surface area contributed by atoms with E-state index in [1.165, 1.54) is 0 Å². The molecule has 5 heteroatoms. The van der Waals surface area contributed by atoms with Crippen molar-refractivity contribution in [2.24, 2.45) is 0 Å². The zero-order chi connectivity index (χ0) is 15.4. The number of hydrogen-bond donors (Lipinski definition) is 2. The summed E-state index contributed by atoms with van der Waals surface area (Å²) in [5, 5.41) is 6.32. The highest BCUT2D eigenvalue weighted by Gasteiger charge is 2.22. The van der Waals surface area contributed by atoms with Crippen molar-refractivity contribution in [1.82, 2.24) is 15.2 Å². The predicted octanol–water partition coefficient (Wildman–Crippen LogP) is 2.07. The molecule has 0 bridgehead atoms. The third kappa shape index (κ3) is 4.17. The van der Waals surface area contributed by atoms with E-state index in [2.05, 4.69) is 41.4 Å². The Hall–Kier alpha value is -1.62. The number of rotatable bonds is 5. The highest BCUT2D eigenvalue weighted by Crippen LogP contribution is 2.18. The van der Waals surface area contributed by atoms with E-state index >= 15 is 0 Å². The Labute approximate surface area is 127 Å². The Morgan fingerprint density at radius 1 is 1.48 bits per heavy atom. The summed E-state index contributed by atoms with van der Waals surface area (Å²) in [6, 6.07) is 3.99. The van der Waals surface area contributed by atoms with Crippen molar-refractivity contribution in [3.8, 4) is 0 Å². The Balaban J connectivity index is 2.15. The molecule has 21 heavy (non-hydrogen) atoms. The number of carbonyl (C=O) groups excluding carboxylic acids is 1. The van der Waals surface area contributed by atoms with E-state index in [1.54, 1.807) is 0 Å². The number of likely N-dealkylation sites (N-methyl/N-ethyl adjacent to an activating group) is 1. The molecule has 0 aliphatic carbocycles. The van der Waals surface area contributed by atoms with Crippen molar-refractivity contribution in [3.05, 3.63) is 23.4 Å². The summed E-state index contributed by atoms with van der Waals surface area (Å²) in [6.45, 7) is 8.97. The molecule has 1 aliphatic rings.